The van der Waals surface area contributed by atoms with Crippen LogP contribution in [-0.4, -0.2) is 33.9 Å². The second-order valence-corrected chi connectivity index (χ2v) is 6.42. The van der Waals surface area contributed by atoms with Crippen LogP contribution in [0.25, 0.3) is 0 Å². The number of hydrogen-bond donors (Lipinski definition) is 1. The molecule has 1 saturated heterocycles. The number of carbonyl (C=O) groups excluding carboxylic acids is 1. The van der Waals surface area contributed by atoms with Gasteiger partial charge < -0.3 is 15.4 Å². The van der Waals surface area contributed by atoms with Crippen LogP contribution in [-0.2, 0) is 4.79 Å². The van der Waals surface area contributed by atoms with Crippen LogP contribution in [0.3, 0.4) is 0 Å². The fourth-order valence-corrected chi connectivity index (χ4v) is 3.11. The molecule has 1 aliphatic heterocycles. The Bertz CT molecular complexity index is 746. The van der Waals surface area contributed by atoms with Crippen LogP contribution < -0.4 is 10.5 Å². The van der Waals surface area contributed by atoms with Crippen LogP contribution in [0.4, 0.5) is 0 Å². The Morgan fingerprint density at radius 3 is 2.72 bits per heavy atom. The van der Waals surface area contributed by atoms with E-state index in [9.17, 15) is 4.79 Å². The number of aryl methyl sites for hydroxylation is 2. The second-order valence-electron chi connectivity index (χ2n) is 6.42. The van der Waals surface area contributed by atoms with Crippen molar-refractivity contribution in [1.82, 2.24) is 14.9 Å². The van der Waals surface area contributed by atoms with E-state index in [1.54, 1.807) is 11.0 Å². The molecule has 6 heteroatoms. The van der Waals surface area contributed by atoms with Crippen LogP contribution in [0.1, 0.15) is 42.4 Å². The highest BCUT2D eigenvalue weighted by Gasteiger charge is 2.29. The lowest BCUT2D eigenvalue weighted by Crippen LogP contribution is -2.42. The number of piperidine rings is 1. The summed E-state index contributed by atoms with van der Waals surface area (Å²) < 4.78 is 5.89. The summed E-state index contributed by atoms with van der Waals surface area (Å²) in [5, 5.41) is 0. The lowest BCUT2D eigenvalue weighted by atomic mass is 10.0. The maximum Gasteiger partial charge on any atom is 0.236 e. The minimum absolute atomic E-state index is 0.00897. The average Bonchev–Trinajstić information content (AvgIpc) is 2.62. The number of hydrogen-bond acceptors (Lipinski definition) is 5. The topological polar surface area (TPSA) is 81.3 Å². The number of nitrogens with zero attached hydrogens (tertiary/aromatic N) is 3. The van der Waals surface area contributed by atoms with Crippen LogP contribution in [0.2, 0.25) is 0 Å². The molecule has 1 aromatic heterocycles. The van der Waals surface area contributed by atoms with Crippen LogP contribution >= 0.6 is 0 Å². The van der Waals surface area contributed by atoms with Gasteiger partial charge in [0.15, 0.2) is 5.82 Å². The van der Waals surface area contributed by atoms with Gasteiger partial charge in [0.1, 0.15) is 5.75 Å². The maximum atomic E-state index is 12.2. The molecule has 0 unspecified atom stereocenters. The first kappa shape index (κ1) is 17.4. The molecule has 0 spiro atoms. The molecule has 0 saturated carbocycles. The Kier molecular flexibility index (Phi) is 5.28. The summed E-state index contributed by atoms with van der Waals surface area (Å²) in [5.41, 5.74) is 7.55. The molecular formula is C19H24N4O2. The fraction of sp³-hybridized carbons (Fsp3) is 0.421. The zero-order valence-corrected chi connectivity index (χ0v) is 14.7. The van der Waals surface area contributed by atoms with Gasteiger partial charge in [-0.25, -0.2) is 4.98 Å². The van der Waals surface area contributed by atoms with Crippen molar-refractivity contribution in [3.63, 3.8) is 0 Å². The normalized spacial score (nSPS) is 17.4. The number of benzene rings is 1. The molecule has 0 aliphatic carbocycles. The Morgan fingerprint density at radius 2 is 2.00 bits per heavy atom. The number of nitrogens with two attached hydrogens (primary N) is 1. The molecule has 132 valence electrons. The van der Waals surface area contributed by atoms with E-state index in [2.05, 4.69) is 9.97 Å². The maximum absolute atomic E-state index is 12.2. The van der Waals surface area contributed by atoms with E-state index in [4.69, 9.17) is 10.5 Å². The van der Waals surface area contributed by atoms with Gasteiger partial charge in [0.25, 0.3) is 0 Å². The zero-order chi connectivity index (χ0) is 17.8. The summed E-state index contributed by atoms with van der Waals surface area (Å²) in [6.07, 6.45) is 2.88. The molecule has 25 heavy (non-hydrogen) atoms. The van der Waals surface area contributed by atoms with E-state index in [-0.39, 0.29) is 18.5 Å². The van der Waals surface area contributed by atoms with Crippen molar-refractivity contribution in [2.45, 2.75) is 39.2 Å². The van der Waals surface area contributed by atoms with Gasteiger partial charge in [-0.05, 0) is 45.2 Å². The van der Waals surface area contributed by atoms with Gasteiger partial charge >= 0.3 is 0 Å². The molecule has 3 rings (SSSR count). The summed E-state index contributed by atoms with van der Waals surface area (Å²) in [5.74, 6) is 1.80. The number of rotatable bonds is 4. The standard InChI is InChI=1S/C19H24N4O2/c1-13-6-8-15(9-7-13)25-17-11-14(2)21-19(22-17)16-5-3-4-10-23(16)18(24)12-20/h6-9,11,16H,3-5,10,12,20H2,1-2H3/t16-/m0/s1. The van der Waals surface area contributed by atoms with Crippen molar-refractivity contribution < 1.29 is 9.53 Å². The van der Waals surface area contributed by atoms with Crippen LogP contribution in [0.15, 0.2) is 30.3 Å². The van der Waals surface area contributed by atoms with Gasteiger partial charge in [-0.2, -0.15) is 4.98 Å². The van der Waals surface area contributed by atoms with Crippen molar-refractivity contribution in [2.75, 3.05) is 13.1 Å². The van der Waals surface area contributed by atoms with Crippen molar-refractivity contribution in [3.8, 4) is 11.6 Å². The molecule has 1 fully saturated rings. The van der Waals surface area contributed by atoms with E-state index in [1.807, 2.05) is 38.1 Å². The number of likely N-dealkylation sites (tertiary alicyclic amines) is 1. The lowest BCUT2D eigenvalue weighted by Gasteiger charge is -2.34. The van der Waals surface area contributed by atoms with Gasteiger partial charge in [0, 0.05) is 18.3 Å². The monoisotopic (exact) mass is 340 g/mol. The molecule has 2 aromatic rings. The first-order valence-corrected chi connectivity index (χ1v) is 8.66. The Balaban J connectivity index is 1.87. The Morgan fingerprint density at radius 1 is 1.24 bits per heavy atom. The van der Waals surface area contributed by atoms with E-state index in [0.717, 1.165) is 30.7 Å². The van der Waals surface area contributed by atoms with Crippen molar-refractivity contribution in [3.05, 3.63) is 47.4 Å². The van der Waals surface area contributed by atoms with Gasteiger partial charge in [0.2, 0.25) is 11.8 Å². The van der Waals surface area contributed by atoms with Crippen molar-refractivity contribution in [2.24, 2.45) is 5.73 Å². The highest BCUT2D eigenvalue weighted by atomic mass is 16.5. The summed E-state index contributed by atoms with van der Waals surface area (Å²) in [6.45, 7) is 4.65. The number of aromatic nitrogens is 2. The lowest BCUT2D eigenvalue weighted by molar-refractivity contribution is -0.133. The highest BCUT2D eigenvalue weighted by molar-refractivity contribution is 5.78. The third-order valence-electron chi connectivity index (χ3n) is 4.39. The molecule has 0 bridgehead atoms. The summed E-state index contributed by atoms with van der Waals surface area (Å²) in [4.78, 5) is 23.1. The molecule has 1 aromatic carbocycles. The number of carbonyl (C=O) groups is 1. The van der Waals surface area contributed by atoms with Gasteiger partial charge in [0.05, 0.1) is 12.6 Å². The third-order valence-corrected chi connectivity index (χ3v) is 4.39. The SMILES string of the molecule is Cc1ccc(Oc2cc(C)nc([C@@H]3CCCCN3C(=O)CN)n2)cc1. The molecule has 1 atom stereocenters. The molecular weight excluding hydrogens is 316 g/mol. The van der Waals surface area contributed by atoms with E-state index in [0.29, 0.717) is 18.2 Å². The van der Waals surface area contributed by atoms with Crippen LogP contribution in [0.5, 0.6) is 11.6 Å². The summed E-state index contributed by atoms with van der Waals surface area (Å²) in [7, 11) is 0. The Labute approximate surface area is 148 Å². The van der Waals surface area contributed by atoms with Crippen molar-refractivity contribution in [1.29, 1.82) is 0 Å². The van der Waals surface area contributed by atoms with Gasteiger partial charge in [-0.15, -0.1) is 0 Å². The van der Waals surface area contributed by atoms with E-state index in [1.165, 1.54) is 5.56 Å². The minimum Gasteiger partial charge on any atom is -0.439 e. The van der Waals surface area contributed by atoms with Gasteiger partial charge in [-0.3, -0.25) is 4.79 Å². The quantitative estimate of drug-likeness (QED) is 0.925. The molecule has 1 amide bonds. The molecule has 6 nitrogen and oxygen atoms in total. The molecule has 1 aliphatic rings. The minimum atomic E-state index is -0.134. The predicted octanol–water partition coefficient (Wildman–Crippen LogP) is 2.90. The molecule has 0 radical (unpaired) electrons. The zero-order valence-electron chi connectivity index (χ0n) is 14.7. The smallest absolute Gasteiger partial charge is 0.236 e. The van der Waals surface area contributed by atoms with E-state index < -0.39 is 0 Å². The first-order valence-electron chi connectivity index (χ1n) is 8.66. The van der Waals surface area contributed by atoms with E-state index >= 15 is 0 Å². The molecule has 2 heterocycles. The van der Waals surface area contributed by atoms with Crippen LogP contribution in [0, 0.1) is 13.8 Å². The fourth-order valence-electron chi connectivity index (χ4n) is 3.11. The largest absolute Gasteiger partial charge is 0.439 e. The predicted molar refractivity (Wildman–Crippen MR) is 95.4 cm³/mol. The highest BCUT2D eigenvalue weighted by Crippen LogP contribution is 2.30. The Hall–Kier alpha value is -2.47. The van der Waals surface area contributed by atoms with Gasteiger partial charge in [-0.1, -0.05) is 17.7 Å². The number of amides is 1. The average molecular weight is 340 g/mol. The first-order chi connectivity index (χ1) is 12.1. The summed E-state index contributed by atoms with van der Waals surface area (Å²) >= 11 is 0. The third kappa shape index (κ3) is 4.14. The summed E-state index contributed by atoms with van der Waals surface area (Å²) in [6, 6.07) is 9.49. The number of ether oxygens (including phenoxy) is 1. The van der Waals surface area contributed by atoms with Crippen molar-refractivity contribution >= 4 is 5.91 Å². The molecule has 2 N–H and O–H groups in total. The second kappa shape index (κ2) is 7.61.